The van der Waals surface area contributed by atoms with E-state index in [-0.39, 0.29) is 17.8 Å². The lowest BCUT2D eigenvalue weighted by Gasteiger charge is -2.30. The van der Waals surface area contributed by atoms with Crippen LogP contribution in [0.4, 0.5) is 0 Å². The number of hydrogen-bond donors (Lipinski definition) is 1. The summed E-state index contributed by atoms with van der Waals surface area (Å²) in [7, 11) is 0. The highest BCUT2D eigenvalue weighted by atomic mass is 35.5. The van der Waals surface area contributed by atoms with Crippen molar-refractivity contribution in [1.29, 1.82) is 0 Å². The zero-order chi connectivity index (χ0) is 26.1. The summed E-state index contributed by atoms with van der Waals surface area (Å²) in [6, 6.07) is 30.2. The number of piperidine rings is 1. The minimum atomic E-state index is 0. The van der Waals surface area contributed by atoms with E-state index in [0.717, 1.165) is 63.0 Å². The Labute approximate surface area is 235 Å². The van der Waals surface area contributed by atoms with Gasteiger partial charge in [0.2, 0.25) is 0 Å². The SMILES string of the molecule is CC(C)(C)c1ccc(C(CCCCCN2CCC(=C(c3ccccc3)c3ccccc3)CC2)=NO)cc1.Cl. The van der Waals surface area contributed by atoms with Gasteiger partial charge in [-0.3, -0.25) is 0 Å². The predicted octanol–water partition coefficient (Wildman–Crippen LogP) is 8.74. The first kappa shape index (κ1) is 29.7. The van der Waals surface area contributed by atoms with E-state index >= 15 is 0 Å². The van der Waals surface area contributed by atoms with Gasteiger partial charge in [-0.1, -0.05) is 123 Å². The molecule has 1 fully saturated rings. The number of nitrogens with zero attached hydrogens (tertiary/aromatic N) is 2. The fraction of sp³-hybridized carbons (Fsp3) is 0.382. The van der Waals surface area contributed by atoms with Crippen LogP contribution in [-0.2, 0) is 5.41 Å². The molecule has 3 nitrogen and oxygen atoms in total. The maximum Gasteiger partial charge on any atom is 0.0867 e. The van der Waals surface area contributed by atoms with E-state index < -0.39 is 0 Å². The summed E-state index contributed by atoms with van der Waals surface area (Å²) in [5, 5.41) is 13.2. The van der Waals surface area contributed by atoms with Crippen LogP contribution in [-0.4, -0.2) is 35.5 Å². The van der Waals surface area contributed by atoms with Crippen LogP contribution in [0.1, 0.15) is 81.5 Å². The summed E-state index contributed by atoms with van der Waals surface area (Å²) < 4.78 is 0. The maximum absolute atomic E-state index is 9.58. The van der Waals surface area contributed by atoms with Gasteiger partial charge in [0.1, 0.15) is 0 Å². The lowest BCUT2D eigenvalue weighted by molar-refractivity contribution is 0.251. The van der Waals surface area contributed by atoms with Crippen LogP contribution in [0.3, 0.4) is 0 Å². The molecule has 0 radical (unpaired) electrons. The summed E-state index contributed by atoms with van der Waals surface area (Å²) in [5.74, 6) is 0. The number of hydrogen-bond acceptors (Lipinski definition) is 3. The lowest BCUT2D eigenvalue weighted by Crippen LogP contribution is -2.32. The molecule has 202 valence electrons. The Bertz CT molecular complexity index is 1130. The monoisotopic (exact) mass is 530 g/mol. The van der Waals surface area contributed by atoms with Gasteiger partial charge in [0.05, 0.1) is 5.71 Å². The van der Waals surface area contributed by atoms with Gasteiger partial charge >= 0.3 is 0 Å². The van der Waals surface area contributed by atoms with Gasteiger partial charge in [0.25, 0.3) is 0 Å². The Hall–Kier alpha value is -2.88. The smallest absolute Gasteiger partial charge is 0.0867 e. The molecule has 4 rings (SSSR count). The minimum Gasteiger partial charge on any atom is -0.411 e. The van der Waals surface area contributed by atoms with Crippen molar-refractivity contribution in [2.24, 2.45) is 5.16 Å². The Morgan fingerprint density at radius 1 is 0.737 bits per heavy atom. The van der Waals surface area contributed by atoms with Crippen LogP contribution in [0.25, 0.3) is 5.57 Å². The minimum absolute atomic E-state index is 0. The van der Waals surface area contributed by atoms with E-state index in [0.29, 0.717) is 0 Å². The van der Waals surface area contributed by atoms with Crippen molar-refractivity contribution in [3.63, 3.8) is 0 Å². The van der Waals surface area contributed by atoms with Crippen molar-refractivity contribution < 1.29 is 5.21 Å². The zero-order valence-electron chi connectivity index (χ0n) is 23.2. The van der Waals surface area contributed by atoms with Crippen LogP contribution >= 0.6 is 12.4 Å². The largest absolute Gasteiger partial charge is 0.411 e. The van der Waals surface area contributed by atoms with E-state index in [1.54, 1.807) is 5.57 Å². The number of halogens is 1. The van der Waals surface area contributed by atoms with E-state index in [4.69, 9.17) is 0 Å². The van der Waals surface area contributed by atoms with Crippen LogP contribution in [0.2, 0.25) is 0 Å². The highest BCUT2D eigenvalue weighted by Crippen LogP contribution is 2.32. The van der Waals surface area contributed by atoms with Crippen molar-refractivity contribution in [2.45, 2.75) is 64.7 Å². The molecule has 1 aliphatic rings. The number of likely N-dealkylation sites (tertiary alicyclic amines) is 1. The van der Waals surface area contributed by atoms with Gasteiger partial charge < -0.3 is 10.1 Å². The molecule has 4 heteroatoms. The molecule has 0 spiro atoms. The maximum atomic E-state index is 9.58. The molecule has 1 aliphatic heterocycles. The quantitative estimate of drug-likeness (QED) is 0.130. The third-order valence-electron chi connectivity index (χ3n) is 7.53. The van der Waals surface area contributed by atoms with Crippen LogP contribution in [0.15, 0.2) is 95.7 Å². The second kappa shape index (κ2) is 14.3. The van der Waals surface area contributed by atoms with Gasteiger partial charge in [-0.15, -0.1) is 12.4 Å². The number of rotatable bonds is 9. The fourth-order valence-corrected chi connectivity index (χ4v) is 5.30. The molecule has 3 aromatic rings. The number of benzene rings is 3. The van der Waals surface area contributed by atoms with Crippen LogP contribution in [0.5, 0.6) is 0 Å². The molecule has 3 aromatic carbocycles. The van der Waals surface area contributed by atoms with E-state index in [1.807, 2.05) is 0 Å². The first-order chi connectivity index (χ1) is 18.0. The van der Waals surface area contributed by atoms with E-state index in [2.05, 4.69) is 116 Å². The molecule has 0 aliphatic carbocycles. The standard InChI is InChI=1S/C34H42N2O.ClH/c1-34(2,3)31-20-18-27(19-21-31)32(35-37)17-11-6-12-24-36-25-22-30(23-26-36)33(28-13-7-4-8-14-28)29-15-9-5-10-16-29;/h4-5,7-10,13-16,18-21,37H,6,11-12,17,22-26H2,1-3H3;1H. The summed E-state index contributed by atoms with van der Waals surface area (Å²) in [6.07, 6.45) is 6.46. The van der Waals surface area contributed by atoms with Crippen LogP contribution in [0, 0.1) is 0 Å². The van der Waals surface area contributed by atoms with E-state index in [1.165, 1.54) is 28.7 Å². The molecule has 1 heterocycles. The van der Waals surface area contributed by atoms with Gasteiger partial charge in [-0.25, -0.2) is 0 Å². The molecular weight excluding hydrogens is 488 g/mol. The molecule has 0 atom stereocenters. The van der Waals surface area contributed by atoms with Crippen molar-refractivity contribution in [1.82, 2.24) is 4.90 Å². The highest BCUT2D eigenvalue weighted by molar-refractivity contribution is 6.00. The molecule has 38 heavy (non-hydrogen) atoms. The van der Waals surface area contributed by atoms with Crippen molar-refractivity contribution in [3.05, 3.63) is 113 Å². The highest BCUT2D eigenvalue weighted by Gasteiger charge is 2.19. The number of unbranched alkanes of at least 4 members (excludes halogenated alkanes) is 2. The molecular formula is C34H43ClN2O. The molecule has 0 bridgehead atoms. The normalized spacial score (nSPS) is 14.7. The molecule has 1 N–H and O–H groups in total. The molecule has 0 aromatic heterocycles. The van der Waals surface area contributed by atoms with Gasteiger partial charge in [0, 0.05) is 13.1 Å². The van der Waals surface area contributed by atoms with Crippen molar-refractivity contribution >= 4 is 23.7 Å². The van der Waals surface area contributed by atoms with Gasteiger partial charge in [-0.05, 0) is 71.9 Å². The first-order valence-corrected chi connectivity index (χ1v) is 13.8. The number of oxime groups is 1. The zero-order valence-corrected chi connectivity index (χ0v) is 24.0. The molecule has 0 unspecified atom stereocenters. The summed E-state index contributed by atoms with van der Waals surface area (Å²) in [5.41, 5.74) is 8.90. The topological polar surface area (TPSA) is 35.8 Å². The third kappa shape index (κ3) is 8.06. The van der Waals surface area contributed by atoms with Crippen molar-refractivity contribution in [2.75, 3.05) is 19.6 Å². The lowest BCUT2D eigenvalue weighted by atomic mass is 9.86. The Kier molecular flexibility index (Phi) is 11.2. The molecule has 0 amide bonds. The second-order valence-corrected chi connectivity index (χ2v) is 11.2. The fourth-order valence-electron chi connectivity index (χ4n) is 5.30. The van der Waals surface area contributed by atoms with Gasteiger partial charge in [-0.2, -0.15) is 0 Å². The average molecular weight is 531 g/mol. The summed E-state index contributed by atoms with van der Waals surface area (Å²) in [6.45, 7) is 10.0. The van der Waals surface area contributed by atoms with Crippen molar-refractivity contribution in [3.8, 4) is 0 Å². The Morgan fingerprint density at radius 3 is 1.79 bits per heavy atom. The molecule has 1 saturated heterocycles. The average Bonchev–Trinajstić information content (AvgIpc) is 2.92. The second-order valence-electron chi connectivity index (χ2n) is 11.2. The Balaban J connectivity index is 0.00000400. The first-order valence-electron chi connectivity index (χ1n) is 13.8. The Morgan fingerprint density at radius 2 is 1.29 bits per heavy atom. The third-order valence-corrected chi connectivity index (χ3v) is 7.53. The van der Waals surface area contributed by atoms with Crippen LogP contribution < -0.4 is 0 Å². The molecule has 0 saturated carbocycles. The summed E-state index contributed by atoms with van der Waals surface area (Å²) >= 11 is 0. The summed E-state index contributed by atoms with van der Waals surface area (Å²) in [4.78, 5) is 2.61. The van der Waals surface area contributed by atoms with Gasteiger partial charge in [0.15, 0.2) is 0 Å². The van der Waals surface area contributed by atoms with E-state index in [9.17, 15) is 5.21 Å². The predicted molar refractivity (Wildman–Crippen MR) is 164 cm³/mol.